The molecule has 0 spiro atoms. The third-order valence-corrected chi connectivity index (χ3v) is 11.2. The first kappa shape index (κ1) is 33.5. The highest BCUT2D eigenvalue weighted by atomic mass is 32.1. The second-order valence-corrected chi connectivity index (χ2v) is 16.1. The van der Waals surface area contributed by atoms with Crippen LogP contribution < -0.4 is 4.90 Å². The number of carbonyl (C=O) groups is 1. The van der Waals surface area contributed by atoms with E-state index in [0.717, 1.165) is 23.2 Å². The molecular formula is C28H42FN3O4SSi. The van der Waals surface area contributed by atoms with E-state index in [4.69, 9.17) is 22.8 Å². The Balaban J connectivity index is 0.00000229. The van der Waals surface area contributed by atoms with Crippen molar-refractivity contribution in [2.45, 2.75) is 84.5 Å². The Morgan fingerprint density at radius 1 is 1.13 bits per heavy atom. The lowest BCUT2D eigenvalue weighted by atomic mass is 9.97. The van der Waals surface area contributed by atoms with E-state index >= 15 is 0 Å². The van der Waals surface area contributed by atoms with Gasteiger partial charge in [-0.3, -0.25) is 4.79 Å². The fraction of sp³-hybridized carbons (Fsp3) is 0.536. The summed E-state index contributed by atoms with van der Waals surface area (Å²) >= 11 is -0.750. The number of allylic oxidation sites excluding steroid dienone is 1. The van der Waals surface area contributed by atoms with Crippen LogP contribution in [0.15, 0.2) is 30.3 Å². The monoisotopic (exact) mass is 563 g/mol. The number of hydrogen-bond donors (Lipinski definition) is 0. The van der Waals surface area contributed by atoms with Crippen molar-refractivity contribution < 1.29 is 22.0 Å². The summed E-state index contributed by atoms with van der Waals surface area (Å²) < 4.78 is 36.7. The molecule has 0 radical (unpaired) electrons. The van der Waals surface area contributed by atoms with Gasteiger partial charge in [-0.05, 0) is 66.9 Å². The molecule has 0 fully saturated rings. The van der Waals surface area contributed by atoms with Crippen molar-refractivity contribution in [3.05, 3.63) is 47.4 Å². The van der Waals surface area contributed by atoms with Crippen LogP contribution in [0.2, 0.25) is 18.1 Å². The molecule has 0 N–H and O–H groups in total. The summed E-state index contributed by atoms with van der Waals surface area (Å²) in [5.74, 6) is 0.382. The van der Waals surface area contributed by atoms with Crippen molar-refractivity contribution in [3.63, 3.8) is 0 Å². The summed E-state index contributed by atoms with van der Waals surface area (Å²) in [4.78, 5) is 24.4. The van der Waals surface area contributed by atoms with Crippen LogP contribution in [0.1, 0.15) is 71.6 Å². The Hall–Kier alpha value is -2.56. The van der Waals surface area contributed by atoms with Crippen molar-refractivity contribution >= 4 is 37.7 Å². The molecule has 0 aliphatic carbocycles. The standard InChI is InChI=1S/C28H42FN3O2Si.O2S/c1-11-23(34-35(9,10)28(4,5)6)18-22(33)16-17-24-25(19(2)3)30-27(32(7)8)31-26(24)20-12-14-21(29)15-13-20;1-3-2/h12-17,19,23H,11,18H2,1-10H3;/b17-16+;/t23-;/m0./s1. The first-order chi connectivity index (χ1) is 17.6. The van der Waals surface area contributed by atoms with Crippen molar-refractivity contribution in [2.24, 2.45) is 0 Å². The maximum absolute atomic E-state index is 13.6. The molecule has 2 aromatic rings. The van der Waals surface area contributed by atoms with Crippen LogP contribution in [0, 0.1) is 5.82 Å². The zero-order valence-corrected chi connectivity index (χ0v) is 26.1. The van der Waals surface area contributed by atoms with Gasteiger partial charge in [-0.15, -0.1) is 0 Å². The summed E-state index contributed by atoms with van der Waals surface area (Å²) in [5.41, 5.74) is 3.08. The van der Waals surface area contributed by atoms with Crippen LogP contribution in [0.3, 0.4) is 0 Å². The summed E-state index contributed by atoms with van der Waals surface area (Å²) in [6.07, 6.45) is 4.44. The predicted octanol–water partition coefficient (Wildman–Crippen LogP) is 6.57. The molecular weight excluding hydrogens is 521 g/mol. The molecule has 0 aliphatic heterocycles. The van der Waals surface area contributed by atoms with Gasteiger partial charge in [0.05, 0.1) is 17.5 Å². The molecule has 0 bridgehead atoms. The lowest BCUT2D eigenvalue weighted by Gasteiger charge is -2.39. The van der Waals surface area contributed by atoms with Crippen LogP contribution >= 0.6 is 0 Å². The average molecular weight is 564 g/mol. The van der Waals surface area contributed by atoms with Gasteiger partial charge in [0.25, 0.3) is 0 Å². The van der Waals surface area contributed by atoms with Crippen LogP contribution in [0.4, 0.5) is 10.3 Å². The highest BCUT2D eigenvalue weighted by Gasteiger charge is 2.39. The van der Waals surface area contributed by atoms with Gasteiger partial charge in [-0.2, -0.15) is 8.42 Å². The third-order valence-electron chi connectivity index (χ3n) is 6.62. The topological polar surface area (TPSA) is 89.5 Å². The molecule has 1 aromatic carbocycles. The number of rotatable bonds is 10. The van der Waals surface area contributed by atoms with Gasteiger partial charge in [0.15, 0.2) is 14.1 Å². The lowest BCUT2D eigenvalue weighted by Crippen LogP contribution is -2.44. The molecule has 1 atom stereocenters. The van der Waals surface area contributed by atoms with Gasteiger partial charge < -0.3 is 9.33 Å². The normalized spacial score (nSPS) is 12.7. The van der Waals surface area contributed by atoms with Crippen LogP contribution in [0.25, 0.3) is 17.3 Å². The first-order valence-electron chi connectivity index (χ1n) is 12.7. The Labute approximate surface area is 231 Å². The van der Waals surface area contributed by atoms with Gasteiger partial charge in [-0.25, -0.2) is 14.4 Å². The van der Waals surface area contributed by atoms with Crippen molar-refractivity contribution in [2.75, 3.05) is 19.0 Å². The zero-order valence-electron chi connectivity index (χ0n) is 24.3. The Kier molecular flexibility index (Phi) is 12.8. The largest absolute Gasteiger partial charge is 0.413 e. The number of anilines is 1. The molecule has 0 saturated carbocycles. The van der Waals surface area contributed by atoms with E-state index in [1.807, 2.05) is 25.1 Å². The second kappa shape index (κ2) is 14.6. The van der Waals surface area contributed by atoms with E-state index in [-0.39, 0.29) is 28.7 Å². The van der Waals surface area contributed by atoms with Gasteiger partial charge in [0, 0.05) is 31.6 Å². The molecule has 7 nitrogen and oxygen atoms in total. The van der Waals surface area contributed by atoms with E-state index in [9.17, 15) is 9.18 Å². The number of benzene rings is 1. The van der Waals surface area contributed by atoms with E-state index in [0.29, 0.717) is 18.1 Å². The lowest BCUT2D eigenvalue weighted by molar-refractivity contribution is -0.116. The fourth-order valence-electron chi connectivity index (χ4n) is 3.44. The van der Waals surface area contributed by atoms with Gasteiger partial charge in [0.2, 0.25) is 5.95 Å². The maximum Gasteiger partial charge on any atom is 0.335 e. The van der Waals surface area contributed by atoms with Crippen LogP contribution in [-0.4, -0.2) is 52.7 Å². The number of aromatic nitrogens is 2. The molecule has 1 heterocycles. The summed E-state index contributed by atoms with van der Waals surface area (Å²) in [5, 5.41) is 0.0844. The summed E-state index contributed by atoms with van der Waals surface area (Å²) in [6, 6.07) is 6.26. The quantitative estimate of drug-likeness (QED) is 0.238. The summed E-state index contributed by atoms with van der Waals surface area (Å²) in [6.45, 7) is 17.2. The third kappa shape index (κ3) is 9.63. The number of carbonyl (C=O) groups excluding carboxylic acids is 1. The van der Waals surface area contributed by atoms with Crippen LogP contribution in [-0.2, 0) is 20.8 Å². The summed E-state index contributed by atoms with van der Waals surface area (Å²) in [7, 11) is 1.81. The minimum atomic E-state index is -1.97. The predicted molar refractivity (Wildman–Crippen MR) is 156 cm³/mol. The molecule has 0 amide bonds. The van der Waals surface area contributed by atoms with Crippen LogP contribution in [0.5, 0.6) is 0 Å². The number of ketones is 1. The minimum absolute atomic E-state index is 0.00649. The molecule has 2 rings (SSSR count). The molecule has 0 unspecified atom stereocenters. The van der Waals surface area contributed by atoms with Crippen molar-refractivity contribution in [1.82, 2.24) is 9.97 Å². The van der Waals surface area contributed by atoms with E-state index in [1.54, 1.807) is 18.2 Å². The smallest absolute Gasteiger partial charge is 0.335 e. The molecule has 0 aliphatic rings. The Bertz CT molecular complexity index is 1140. The first-order valence-corrected chi connectivity index (χ1v) is 16.3. The highest BCUT2D eigenvalue weighted by molar-refractivity contribution is 7.51. The van der Waals surface area contributed by atoms with Crippen molar-refractivity contribution in [3.8, 4) is 11.3 Å². The molecule has 1 aromatic heterocycles. The second-order valence-electron chi connectivity index (χ2n) is 11.2. The average Bonchev–Trinajstić information content (AvgIpc) is 2.81. The van der Waals surface area contributed by atoms with Crippen molar-refractivity contribution in [1.29, 1.82) is 0 Å². The molecule has 0 saturated heterocycles. The molecule has 10 heteroatoms. The van der Waals surface area contributed by atoms with Gasteiger partial charge in [0.1, 0.15) is 5.82 Å². The van der Waals surface area contributed by atoms with E-state index < -0.39 is 19.9 Å². The van der Waals surface area contributed by atoms with E-state index in [1.165, 1.54) is 12.1 Å². The Morgan fingerprint density at radius 3 is 2.13 bits per heavy atom. The number of halogens is 1. The van der Waals surface area contributed by atoms with Gasteiger partial charge in [-0.1, -0.05) is 41.5 Å². The maximum atomic E-state index is 13.6. The zero-order chi connectivity index (χ0) is 29.3. The SMILES string of the molecule is CC[C@@H](CC(=O)/C=C/c1c(-c2ccc(F)cc2)nc(N(C)C)nc1C(C)C)O[Si](C)(C)C(C)(C)C.O=S=O. The molecule has 38 heavy (non-hydrogen) atoms. The van der Waals surface area contributed by atoms with E-state index in [2.05, 4.69) is 54.6 Å². The highest BCUT2D eigenvalue weighted by Crippen LogP contribution is 2.38. The van der Waals surface area contributed by atoms with Gasteiger partial charge >= 0.3 is 11.6 Å². The molecule has 210 valence electrons. The minimum Gasteiger partial charge on any atom is -0.413 e. The Morgan fingerprint density at radius 2 is 1.68 bits per heavy atom. The fourth-order valence-corrected chi connectivity index (χ4v) is 4.88. The number of nitrogens with zero attached hydrogens (tertiary/aromatic N) is 3. The number of hydrogen-bond acceptors (Lipinski definition) is 7.